The van der Waals surface area contributed by atoms with Crippen molar-refractivity contribution in [3.05, 3.63) is 52.2 Å². The van der Waals surface area contributed by atoms with Gasteiger partial charge in [-0.15, -0.1) is 0 Å². The number of thiophene rings is 1. The molecule has 0 saturated carbocycles. The first kappa shape index (κ1) is 17.3. The van der Waals surface area contributed by atoms with Gasteiger partial charge in [-0.25, -0.2) is 0 Å². The minimum atomic E-state index is 0.0167. The van der Waals surface area contributed by atoms with Gasteiger partial charge in [0.05, 0.1) is 5.56 Å². The highest BCUT2D eigenvalue weighted by molar-refractivity contribution is 7.08. The SMILES string of the molecule is C[C@@H]1CCN(C(=O)C2CCN(C(=O)c3ccsc3)CC2)c2ccccc21. The topological polar surface area (TPSA) is 40.6 Å². The van der Waals surface area contributed by atoms with E-state index in [-0.39, 0.29) is 17.7 Å². The van der Waals surface area contributed by atoms with Crippen molar-refractivity contribution in [2.45, 2.75) is 32.1 Å². The zero-order chi connectivity index (χ0) is 18.1. The number of likely N-dealkylation sites (tertiary alicyclic amines) is 1. The summed E-state index contributed by atoms with van der Waals surface area (Å²) in [6.45, 7) is 4.36. The number of hydrogen-bond acceptors (Lipinski definition) is 3. The van der Waals surface area contributed by atoms with Gasteiger partial charge in [0.2, 0.25) is 5.91 Å². The third-order valence-electron chi connectivity index (χ3n) is 5.71. The van der Waals surface area contributed by atoms with E-state index in [1.165, 1.54) is 5.56 Å². The lowest BCUT2D eigenvalue weighted by Gasteiger charge is -2.37. The molecule has 2 aliphatic heterocycles. The maximum Gasteiger partial charge on any atom is 0.254 e. The van der Waals surface area contributed by atoms with Crippen LogP contribution in [-0.4, -0.2) is 36.3 Å². The molecule has 1 aromatic carbocycles. The Hall–Kier alpha value is -2.14. The molecule has 0 unspecified atom stereocenters. The third kappa shape index (κ3) is 3.16. The molecular weight excluding hydrogens is 344 g/mol. The van der Waals surface area contributed by atoms with E-state index in [4.69, 9.17) is 0 Å². The number of rotatable bonds is 2. The van der Waals surface area contributed by atoms with Crippen LogP contribution in [0.4, 0.5) is 5.69 Å². The third-order valence-corrected chi connectivity index (χ3v) is 6.39. The van der Waals surface area contributed by atoms with Crippen molar-refractivity contribution in [2.75, 3.05) is 24.5 Å². The van der Waals surface area contributed by atoms with Crippen molar-refractivity contribution in [1.82, 2.24) is 4.90 Å². The molecule has 1 fully saturated rings. The summed E-state index contributed by atoms with van der Waals surface area (Å²) >= 11 is 1.54. The maximum atomic E-state index is 13.2. The van der Waals surface area contributed by atoms with Crippen LogP contribution >= 0.6 is 11.3 Å². The predicted molar refractivity (Wildman–Crippen MR) is 105 cm³/mol. The normalized spacial score (nSPS) is 20.7. The average molecular weight is 369 g/mol. The van der Waals surface area contributed by atoms with E-state index in [0.717, 1.165) is 37.1 Å². The van der Waals surface area contributed by atoms with E-state index in [1.54, 1.807) is 11.3 Å². The Morgan fingerprint density at radius 3 is 2.54 bits per heavy atom. The monoisotopic (exact) mass is 368 g/mol. The predicted octanol–water partition coefficient (Wildman–Crippen LogP) is 4.14. The van der Waals surface area contributed by atoms with Crippen LogP contribution < -0.4 is 4.90 Å². The molecule has 4 rings (SSSR count). The molecular formula is C21H24N2O2S. The van der Waals surface area contributed by atoms with E-state index in [2.05, 4.69) is 25.1 Å². The van der Waals surface area contributed by atoms with Gasteiger partial charge in [-0.2, -0.15) is 11.3 Å². The molecule has 1 atom stereocenters. The fraction of sp³-hybridized carbons (Fsp3) is 0.429. The highest BCUT2D eigenvalue weighted by Gasteiger charge is 2.33. The quantitative estimate of drug-likeness (QED) is 0.799. The van der Waals surface area contributed by atoms with Gasteiger partial charge < -0.3 is 9.80 Å². The van der Waals surface area contributed by atoms with Gasteiger partial charge in [0.25, 0.3) is 5.91 Å². The molecule has 2 aromatic rings. The molecule has 136 valence electrons. The number of piperidine rings is 1. The molecule has 0 N–H and O–H groups in total. The second-order valence-electron chi connectivity index (χ2n) is 7.32. The lowest BCUT2D eigenvalue weighted by Crippen LogP contribution is -2.46. The molecule has 26 heavy (non-hydrogen) atoms. The molecule has 0 spiro atoms. The number of benzene rings is 1. The molecule has 0 aliphatic carbocycles. The molecule has 4 nitrogen and oxygen atoms in total. The van der Waals surface area contributed by atoms with Crippen molar-refractivity contribution in [1.29, 1.82) is 0 Å². The first-order chi connectivity index (χ1) is 12.6. The van der Waals surface area contributed by atoms with Gasteiger partial charge in [-0.1, -0.05) is 25.1 Å². The van der Waals surface area contributed by atoms with Crippen LogP contribution in [0.1, 0.15) is 48.0 Å². The van der Waals surface area contributed by atoms with Gasteiger partial charge >= 0.3 is 0 Å². The fourth-order valence-corrected chi connectivity index (χ4v) is 4.73. The lowest BCUT2D eigenvalue weighted by molar-refractivity contribution is -0.123. The summed E-state index contributed by atoms with van der Waals surface area (Å²) in [5.41, 5.74) is 3.11. The van der Waals surface area contributed by atoms with Gasteiger partial charge in [-0.05, 0) is 48.3 Å². The van der Waals surface area contributed by atoms with E-state index in [9.17, 15) is 9.59 Å². The molecule has 3 heterocycles. The second kappa shape index (κ2) is 7.23. The molecule has 5 heteroatoms. The first-order valence-corrected chi connectivity index (χ1v) is 10.3. The summed E-state index contributed by atoms with van der Waals surface area (Å²) in [5.74, 6) is 0.838. The number of fused-ring (bicyclic) bond motifs is 1. The standard InChI is InChI=1S/C21H24N2O2S/c1-15-6-12-23(19-5-3-2-4-18(15)19)21(25)16-7-10-22(11-8-16)20(24)17-9-13-26-14-17/h2-5,9,13-16H,6-8,10-12H2,1H3/t15-/m1/s1. The Labute approximate surface area is 158 Å². The molecule has 0 bridgehead atoms. The number of para-hydroxylation sites is 1. The van der Waals surface area contributed by atoms with E-state index >= 15 is 0 Å². The van der Waals surface area contributed by atoms with Gasteiger partial charge in [0.1, 0.15) is 0 Å². The highest BCUT2D eigenvalue weighted by atomic mass is 32.1. The zero-order valence-corrected chi connectivity index (χ0v) is 15.9. The molecule has 2 aliphatic rings. The van der Waals surface area contributed by atoms with Gasteiger partial charge in [-0.3, -0.25) is 9.59 Å². The summed E-state index contributed by atoms with van der Waals surface area (Å²) in [4.78, 5) is 29.5. The Kier molecular flexibility index (Phi) is 4.81. The zero-order valence-electron chi connectivity index (χ0n) is 15.1. The summed E-state index contributed by atoms with van der Waals surface area (Å²) in [6, 6.07) is 10.1. The second-order valence-corrected chi connectivity index (χ2v) is 8.10. The fourth-order valence-electron chi connectivity index (χ4n) is 4.10. The van der Waals surface area contributed by atoms with Crippen LogP contribution in [0, 0.1) is 5.92 Å². The number of hydrogen-bond donors (Lipinski definition) is 0. The van der Waals surface area contributed by atoms with Crippen LogP contribution in [0.5, 0.6) is 0 Å². The molecule has 1 saturated heterocycles. The maximum absolute atomic E-state index is 13.2. The average Bonchev–Trinajstić information content (AvgIpc) is 3.22. The largest absolute Gasteiger partial charge is 0.339 e. The van der Waals surface area contributed by atoms with Gasteiger partial charge in [0.15, 0.2) is 0 Å². The first-order valence-electron chi connectivity index (χ1n) is 9.37. The van der Waals surface area contributed by atoms with Crippen molar-refractivity contribution in [3.63, 3.8) is 0 Å². The summed E-state index contributed by atoms with van der Waals surface area (Å²) < 4.78 is 0. The Morgan fingerprint density at radius 2 is 1.81 bits per heavy atom. The van der Waals surface area contributed by atoms with Crippen molar-refractivity contribution < 1.29 is 9.59 Å². The number of carbonyl (C=O) groups is 2. The van der Waals surface area contributed by atoms with Crippen LogP contribution in [0.2, 0.25) is 0 Å². The van der Waals surface area contributed by atoms with Crippen LogP contribution in [0.25, 0.3) is 0 Å². The van der Waals surface area contributed by atoms with Crippen LogP contribution in [-0.2, 0) is 4.79 Å². The Morgan fingerprint density at radius 1 is 1.04 bits per heavy atom. The summed E-state index contributed by atoms with van der Waals surface area (Å²) in [7, 11) is 0. The van der Waals surface area contributed by atoms with Gasteiger partial charge in [0, 0.05) is 36.6 Å². The minimum absolute atomic E-state index is 0.0167. The number of anilines is 1. The minimum Gasteiger partial charge on any atom is -0.339 e. The summed E-state index contributed by atoms with van der Waals surface area (Å²) in [5, 5.41) is 3.82. The Balaban J connectivity index is 1.43. The number of nitrogens with zero attached hydrogens (tertiary/aromatic N) is 2. The highest BCUT2D eigenvalue weighted by Crippen LogP contribution is 2.36. The van der Waals surface area contributed by atoms with Crippen molar-refractivity contribution in [2.24, 2.45) is 5.92 Å². The number of amides is 2. The summed E-state index contributed by atoms with van der Waals surface area (Å²) in [6.07, 6.45) is 2.52. The van der Waals surface area contributed by atoms with E-state index in [0.29, 0.717) is 19.0 Å². The Bertz CT molecular complexity index is 794. The molecule has 1 aromatic heterocycles. The van der Waals surface area contributed by atoms with Crippen LogP contribution in [0.3, 0.4) is 0 Å². The van der Waals surface area contributed by atoms with Crippen molar-refractivity contribution in [3.8, 4) is 0 Å². The van der Waals surface area contributed by atoms with Crippen LogP contribution in [0.15, 0.2) is 41.1 Å². The van der Waals surface area contributed by atoms with E-state index in [1.807, 2.05) is 32.7 Å². The van der Waals surface area contributed by atoms with Crippen molar-refractivity contribution >= 4 is 28.8 Å². The molecule has 0 radical (unpaired) electrons. The smallest absolute Gasteiger partial charge is 0.254 e. The molecule has 2 amide bonds. The number of carbonyl (C=O) groups excluding carboxylic acids is 2. The lowest BCUT2D eigenvalue weighted by atomic mass is 9.89. The van der Waals surface area contributed by atoms with E-state index < -0.39 is 0 Å².